The average Bonchev–Trinajstić information content (AvgIpc) is 2.09. The van der Waals surface area contributed by atoms with Crippen molar-refractivity contribution in [2.24, 2.45) is 5.92 Å². The number of aliphatic carboxylic acids is 2. The quantitative estimate of drug-likeness (QED) is 0.476. The minimum atomic E-state index is -1.03. The summed E-state index contributed by atoms with van der Waals surface area (Å²) >= 11 is 0. The van der Waals surface area contributed by atoms with E-state index in [9.17, 15) is 14.4 Å². The van der Waals surface area contributed by atoms with Gasteiger partial charge in [-0.05, 0) is 5.92 Å². The molecule has 0 heterocycles. The number of carbonyl (C=O) groups is 3. The van der Waals surface area contributed by atoms with Crippen molar-refractivity contribution in [2.45, 2.75) is 32.3 Å². The second-order valence-corrected chi connectivity index (χ2v) is 6.09. The van der Waals surface area contributed by atoms with Crippen LogP contribution >= 0.6 is 0 Å². The van der Waals surface area contributed by atoms with Crippen LogP contribution in [-0.2, 0) is 19.1 Å². The van der Waals surface area contributed by atoms with Gasteiger partial charge in [-0.15, -0.1) is 0 Å². The fourth-order valence-electron chi connectivity index (χ4n) is 1.84. The fourth-order valence-corrected chi connectivity index (χ4v) is 1.84. The number of hydrogen-bond acceptors (Lipinski definition) is 4. The number of likely N-dealkylation sites (N-methyl/N-ethyl adjacent to an activating group) is 1. The number of hydrogen-bond donors (Lipinski definition) is 2. The fraction of sp³-hybridized carbons (Fsp3) is 0.769. The second-order valence-electron chi connectivity index (χ2n) is 6.09. The average molecular weight is 290 g/mol. The Labute approximate surface area is 118 Å². The Morgan fingerprint density at radius 1 is 1.00 bits per heavy atom. The number of rotatable bonds is 9. The van der Waals surface area contributed by atoms with Crippen LogP contribution in [0.2, 0.25) is 0 Å². The van der Waals surface area contributed by atoms with Crippen molar-refractivity contribution in [2.75, 3.05) is 27.7 Å². The van der Waals surface area contributed by atoms with Crippen LogP contribution in [0.15, 0.2) is 0 Å². The summed E-state index contributed by atoms with van der Waals surface area (Å²) in [6, 6.07) is 0. The lowest BCUT2D eigenvalue weighted by Crippen LogP contribution is -2.43. The standard InChI is InChI=1S/C13H23NO6/c1-9(5-11(15)16)6-13(19)20-10(7-12(17)18)8-14(2,3)4/h9-10H,5-8H2,1-4H3,(H-,15,16,17,18)/p+1/t9-,10-/m1/s1. The van der Waals surface area contributed by atoms with Gasteiger partial charge >= 0.3 is 17.9 Å². The van der Waals surface area contributed by atoms with Crippen molar-refractivity contribution in [1.82, 2.24) is 0 Å². The third kappa shape index (κ3) is 10.3. The Bertz CT molecular complexity index is 360. The third-order valence-electron chi connectivity index (χ3n) is 2.49. The van der Waals surface area contributed by atoms with Crippen molar-refractivity contribution in [1.29, 1.82) is 0 Å². The minimum Gasteiger partial charge on any atom is -0.481 e. The number of carboxylic acid groups (broad SMARTS) is 2. The molecule has 0 rings (SSSR count). The maximum Gasteiger partial charge on any atom is 0.307 e. The van der Waals surface area contributed by atoms with E-state index in [2.05, 4.69) is 0 Å². The van der Waals surface area contributed by atoms with Gasteiger partial charge in [0.05, 0.1) is 27.6 Å². The summed E-state index contributed by atoms with van der Waals surface area (Å²) in [5, 5.41) is 17.4. The molecule has 7 heteroatoms. The Morgan fingerprint density at radius 3 is 1.90 bits per heavy atom. The van der Waals surface area contributed by atoms with E-state index in [-0.39, 0.29) is 25.2 Å². The normalized spacial score (nSPS) is 14.4. The lowest BCUT2D eigenvalue weighted by molar-refractivity contribution is -0.873. The first-order chi connectivity index (χ1) is 8.99. The molecule has 0 aliphatic carbocycles. The Kier molecular flexibility index (Phi) is 7.20. The summed E-state index contributed by atoms with van der Waals surface area (Å²) in [5.74, 6) is -2.90. The molecule has 0 aromatic rings. The van der Waals surface area contributed by atoms with E-state index in [1.807, 2.05) is 21.1 Å². The molecule has 116 valence electrons. The molecule has 0 saturated heterocycles. The molecule has 0 spiro atoms. The van der Waals surface area contributed by atoms with Crippen LogP contribution in [0.1, 0.15) is 26.2 Å². The molecule has 0 unspecified atom stereocenters. The maximum atomic E-state index is 11.7. The molecule has 0 radical (unpaired) electrons. The van der Waals surface area contributed by atoms with Gasteiger partial charge in [0.1, 0.15) is 6.54 Å². The van der Waals surface area contributed by atoms with Gasteiger partial charge in [-0.2, -0.15) is 0 Å². The molecule has 2 atom stereocenters. The molecule has 0 saturated carbocycles. The van der Waals surface area contributed by atoms with E-state index in [4.69, 9.17) is 14.9 Å². The van der Waals surface area contributed by atoms with Crippen LogP contribution in [0.25, 0.3) is 0 Å². The highest BCUT2D eigenvalue weighted by molar-refractivity contribution is 5.73. The molecule has 0 aliphatic rings. The summed E-state index contributed by atoms with van der Waals surface area (Å²) in [6.07, 6.45) is -1.11. The van der Waals surface area contributed by atoms with Gasteiger partial charge < -0.3 is 19.4 Å². The van der Waals surface area contributed by atoms with E-state index in [1.165, 1.54) is 0 Å². The number of quaternary nitrogens is 1. The van der Waals surface area contributed by atoms with Crippen molar-refractivity contribution in [3.8, 4) is 0 Å². The Hall–Kier alpha value is -1.63. The predicted octanol–water partition coefficient (Wildman–Crippen LogP) is 0.580. The first kappa shape index (κ1) is 18.4. The van der Waals surface area contributed by atoms with Gasteiger partial charge in [0, 0.05) is 12.8 Å². The lowest BCUT2D eigenvalue weighted by Gasteiger charge is -2.28. The highest BCUT2D eigenvalue weighted by atomic mass is 16.5. The predicted molar refractivity (Wildman–Crippen MR) is 71.1 cm³/mol. The molecule has 0 fully saturated rings. The maximum absolute atomic E-state index is 11.7. The van der Waals surface area contributed by atoms with Gasteiger partial charge in [0.15, 0.2) is 6.10 Å². The second kappa shape index (κ2) is 7.84. The zero-order valence-corrected chi connectivity index (χ0v) is 12.5. The van der Waals surface area contributed by atoms with Gasteiger partial charge in [-0.3, -0.25) is 14.4 Å². The van der Waals surface area contributed by atoms with Gasteiger partial charge in [-0.25, -0.2) is 0 Å². The van der Waals surface area contributed by atoms with E-state index in [1.54, 1.807) is 6.92 Å². The summed E-state index contributed by atoms with van der Waals surface area (Å²) in [7, 11) is 5.61. The molecule has 0 aliphatic heterocycles. The third-order valence-corrected chi connectivity index (χ3v) is 2.49. The molecule has 2 N–H and O–H groups in total. The number of nitrogens with zero attached hydrogens (tertiary/aromatic N) is 1. The van der Waals surface area contributed by atoms with Crippen molar-refractivity contribution >= 4 is 17.9 Å². The SMILES string of the molecule is C[C@H](CC(=O)O)CC(=O)O[C@H](CC(=O)O)C[N+](C)(C)C. The van der Waals surface area contributed by atoms with Crippen LogP contribution in [0.3, 0.4) is 0 Å². The molecule has 0 aromatic carbocycles. The van der Waals surface area contributed by atoms with Crippen LogP contribution < -0.4 is 0 Å². The van der Waals surface area contributed by atoms with E-state index in [0.717, 1.165) is 0 Å². The first-order valence-corrected chi connectivity index (χ1v) is 6.43. The largest absolute Gasteiger partial charge is 0.481 e. The van der Waals surface area contributed by atoms with Crippen LogP contribution in [0, 0.1) is 5.92 Å². The minimum absolute atomic E-state index is 0.0282. The Morgan fingerprint density at radius 2 is 1.50 bits per heavy atom. The monoisotopic (exact) mass is 290 g/mol. The van der Waals surface area contributed by atoms with Crippen molar-refractivity contribution in [3.63, 3.8) is 0 Å². The zero-order chi connectivity index (χ0) is 15.9. The molecule has 20 heavy (non-hydrogen) atoms. The molecular formula is C13H24NO6+. The van der Waals surface area contributed by atoms with Crippen molar-refractivity contribution in [3.05, 3.63) is 0 Å². The highest BCUT2D eigenvalue weighted by Gasteiger charge is 2.25. The van der Waals surface area contributed by atoms with Gasteiger partial charge in [-0.1, -0.05) is 6.92 Å². The molecule has 0 amide bonds. The van der Waals surface area contributed by atoms with Crippen LogP contribution in [-0.4, -0.2) is 66.4 Å². The van der Waals surface area contributed by atoms with Crippen molar-refractivity contribution < 1.29 is 33.8 Å². The highest BCUT2D eigenvalue weighted by Crippen LogP contribution is 2.12. The van der Waals surface area contributed by atoms with E-state index < -0.39 is 24.0 Å². The van der Waals surface area contributed by atoms with Gasteiger partial charge in [0.2, 0.25) is 0 Å². The molecular weight excluding hydrogens is 266 g/mol. The lowest BCUT2D eigenvalue weighted by atomic mass is 10.0. The van der Waals surface area contributed by atoms with E-state index >= 15 is 0 Å². The number of carboxylic acids is 2. The summed E-state index contributed by atoms with van der Waals surface area (Å²) in [4.78, 5) is 33.0. The van der Waals surface area contributed by atoms with Crippen LogP contribution in [0.5, 0.6) is 0 Å². The van der Waals surface area contributed by atoms with E-state index in [0.29, 0.717) is 11.0 Å². The zero-order valence-electron chi connectivity index (χ0n) is 12.5. The molecule has 0 aromatic heterocycles. The summed E-state index contributed by atoms with van der Waals surface area (Å²) < 4.78 is 5.63. The Balaban J connectivity index is 4.45. The number of carbonyl (C=O) groups excluding carboxylic acids is 1. The molecule has 0 bridgehead atoms. The summed E-state index contributed by atoms with van der Waals surface area (Å²) in [5.41, 5.74) is 0. The topological polar surface area (TPSA) is 101 Å². The smallest absolute Gasteiger partial charge is 0.307 e. The van der Waals surface area contributed by atoms with Crippen LogP contribution in [0.4, 0.5) is 0 Å². The number of ether oxygens (including phenoxy) is 1. The summed E-state index contributed by atoms with van der Waals surface area (Å²) in [6.45, 7) is 2.02. The number of esters is 1. The first-order valence-electron chi connectivity index (χ1n) is 6.43. The molecule has 7 nitrogen and oxygen atoms in total. The van der Waals surface area contributed by atoms with Gasteiger partial charge in [0.25, 0.3) is 0 Å².